The summed E-state index contributed by atoms with van der Waals surface area (Å²) in [5.41, 5.74) is 4.09. The molecule has 4 heteroatoms. The number of anilines is 4. The molecule has 44 heavy (non-hydrogen) atoms. The number of carbonyl (C=O) groups excluding carboxylic acids is 2. The second-order valence-electron chi connectivity index (χ2n) is 10.6. The Morgan fingerprint density at radius 1 is 0.318 bits per heavy atom. The molecule has 0 heterocycles. The van der Waals surface area contributed by atoms with Crippen molar-refractivity contribution in [3.63, 3.8) is 0 Å². The van der Waals surface area contributed by atoms with E-state index in [2.05, 4.69) is 12.1 Å². The highest BCUT2D eigenvalue weighted by atomic mass is 16.2. The van der Waals surface area contributed by atoms with Crippen LogP contribution in [0.2, 0.25) is 0 Å². The average Bonchev–Trinajstić information content (AvgIpc) is 3.09. The Balaban J connectivity index is 1.33. The quantitative estimate of drug-likeness (QED) is 0.200. The molecule has 0 aromatic heterocycles. The monoisotopic (exact) mass is 568 g/mol. The molecule has 0 radical (unpaired) electrons. The highest BCUT2D eigenvalue weighted by Crippen LogP contribution is 2.35. The van der Waals surface area contributed by atoms with Gasteiger partial charge in [0.05, 0.1) is 0 Å². The average molecular weight is 569 g/mol. The van der Waals surface area contributed by atoms with Crippen LogP contribution in [-0.4, -0.2) is 11.8 Å². The van der Waals surface area contributed by atoms with Crippen molar-refractivity contribution in [2.45, 2.75) is 0 Å². The van der Waals surface area contributed by atoms with Gasteiger partial charge < -0.3 is 0 Å². The molecule has 0 spiro atoms. The second-order valence-corrected chi connectivity index (χ2v) is 10.6. The molecule has 0 aliphatic carbocycles. The van der Waals surface area contributed by atoms with Gasteiger partial charge in [0.1, 0.15) is 0 Å². The van der Waals surface area contributed by atoms with E-state index in [0.29, 0.717) is 22.5 Å². The highest BCUT2D eigenvalue weighted by molar-refractivity contribution is 6.13. The molecule has 0 N–H and O–H groups in total. The minimum Gasteiger partial charge on any atom is -0.277 e. The van der Waals surface area contributed by atoms with Gasteiger partial charge in [0.2, 0.25) is 0 Å². The fourth-order valence-electron chi connectivity index (χ4n) is 5.57. The first-order chi connectivity index (χ1) is 21.7. The van der Waals surface area contributed by atoms with Crippen LogP contribution >= 0.6 is 0 Å². The van der Waals surface area contributed by atoms with Crippen molar-refractivity contribution >= 4 is 56.1 Å². The summed E-state index contributed by atoms with van der Waals surface area (Å²) in [6.07, 6.45) is 0. The molecular weight excluding hydrogens is 540 g/mol. The number of rotatable bonds is 6. The Labute approximate surface area is 256 Å². The SMILES string of the molecule is O=C(c1ccccc1)N(c1ccc(N(C(=O)c2ccccc2)c2ccc3ccccc3c2)cc1)c1ccc2ccccc2c1. The molecule has 210 valence electrons. The number of fused-ring (bicyclic) bond motifs is 2. The largest absolute Gasteiger partial charge is 0.277 e. The lowest BCUT2D eigenvalue weighted by Crippen LogP contribution is -2.27. The number of hydrogen-bond donors (Lipinski definition) is 0. The van der Waals surface area contributed by atoms with Crippen LogP contribution < -0.4 is 9.80 Å². The fraction of sp³-hybridized carbons (Fsp3) is 0. The number of amides is 2. The third kappa shape index (κ3) is 5.21. The van der Waals surface area contributed by atoms with Crippen molar-refractivity contribution < 1.29 is 9.59 Å². The van der Waals surface area contributed by atoms with E-state index in [4.69, 9.17) is 0 Å². The first kappa shape index (κ1) is 26.9. The van der Waals surface area contributed by atoms with Crippen LogP contribution in [0.25, 0.3) is 21.5 Å². The molecule has 0 bridgehead atoms. The molecule has 7 aromatic carbocycles. The molecule has 7 aromatic rings. The standard InChI is InChI=1S/C40H28N2O2/c43-39(31-13-3-1-4-14-31)41(37-21-19-29-11-7-9-17-33(29)27-37)35-23-25-36(26-24-35)42(40(44)32-15-5-2-6-16-32)38-22-20-30-12-8-10-18-34(30)28-38/h1-28H. The molecule has 2 amide bonds. The van der Waals surface area contributed by atoms with Gasteiger partial charge in [-0.15, -0.1) is 0 Å². The summed E-state index contributed by atoms with van der Waals surface area (Å²) in [5.74, 6) is -0.277. The molecule has 7 rings (SSSR count). The third-order valence-corrected chi connectivity index (χ3v) is 7.80. The predicted octanol–water partition coefficient (Wildman–Crippen LogP) is 9.95. The van der Waals surface area contributed by atoms with Crippen molar-refractivity contribution in [3.8, 4) is 0 Å². The van der Waals surface area contributed by atoms with Crippen molar-refractivity contribution in [2.75, 3.05) is 9.80 Å². The summed E-state index contributed by atoms with van der Waals surface area (Å²) < 4.78 is 0. The molecular formula is C40H28N2O2. The summed E-state index contributed by atoms with van der Waals surface area (Å²) in [5, 5.41) is 4.29. The van der Waals surface area contributed by atoms with Crippen LogP contribution in [0.1, 0.15) is 20.7 Å². The molecule has 0 saturated heterocycles. The summed E-state index contributed by atoms with van der Waals surface area (Å²) in [6, 6.07) is 54.4. The summed E-state index contributed by atoms with van der Waals surface area (Å²) in [4.78, 5) is 31.5. The number of hydrogen-bond acceptors (Lipinski definition) is 2. The maximum atomic E-state index is 14.0. The summed E-state index contributed by atoms with van der Waals surface area (Å²) >= 11 is 0. The third-order valence-electron chi connectivity index (χ3n) is 7.80. The molecule has 0 aliphatic rings. The van der Waals surface area contributed by atoms with E-state index in [-0.39, 0.29) is 11.8 Å². The van der Waals surface area contributed by atoms with Gasteiger partial charge in [0, 0.05) is 33.9 Å². The van der Waals surface area contributed by atoms with Crippen LogP contribution in [0.15, 0.2) is 170 Å². The van der Waals surface area contributed by atoms with E-state index < -0.39 is 0 Å². The van der Waals surface area contributed by atoms with Crippen LogP contribution in [0.4, 0.5) is 22.7 Å². The Kier molecular flexibility index (Phi) is 7.15. The lowest BCUT2D eigenvalue weighted by Gasteiger charge is -2.26. The number of benzene rings is 7. The van der Waals surface area contributed by atoms with Crippen molar-refractivity contribution in [2.24, 2.45) is 0 Å². The first-order valence-corrected chi connectivity index (χ1v) is 14.5. The van der Waals surface area contributed by atoms with Gasteiger partial charge in [-0.2, -0.15) is 0 Å². The number of carbonyl (C=O) groups is 2. The lowest BCUT2D eigenvalue weighted by molar-refractivity contribution is 0.0991. The van der Waals surface area contributed by atoms with E-state index in [0.717, 1.165) is 32.9 Å². The van der Waals surface area contributed by atoms with Gasteiger partial charge in [0.25, 0.3) is 11.8 Å². The van der Waals surface area contributed by atoms with Crippen molar-refractivity contribution in [3.05, 3.63) is 181 Å². The van der Waals surface area contributed by atoms with Gasteiger partial charge >= 0.3 is 0 Å². The minimum absolute atomic E-state index is 0.139. The Morgan fingerprint density at radius 3 is 1.02 bits per heavy atom. The van der Waals surface area contributed by atoms with Gasteiger partial charge in [-0.05, 0) is 94.3 Å². The number of nitrogens with zero attached hydrogens (tertiary/aromatic N) is 2. The molecule has 0 atom stereocenters. The maximum Gasteiger partial charge on any atom is 0.262 e. The van der Waals surface area contributed by atoms with Crippen LogP contribution in [0.3, 0.4) is 0 Å². The fourth-order valence-corrected chi connectivity index (χ4v) is 5.57. The second kappa shape index (κ2) is 11.7. The Morgan fingerprint density at radius 2 is 0.636 bits per heavy atom. The van der Waals surface area contributed by atoms with E-state index in [1.165, 1.54) is 0 Å². The van der Waals surface area contributed by atoms with Crippen molar-refractivity contribution in [1.29, 1.82) is 0 Å². The summed E-state index contributed by atoms with van der Waals surface area (Å²) in [7, 11) is 0. The zero-order valence-electron chi connectivity index (χ0n) is 23.9. The van der Waals surface area contributed by atoms with Gasteiger partial charge in [-0.25, -0.2) is 0 Å². The molecule has 4 nitrogen and oxygen atoms in total. The molecule has 0 unspecified atom stereocenters. The topological polar surface area (TPSA) is 40.6 Å². The van der Waals surface area contributed by atoms with Gasteiger partial charge in [0.15, 0.2) is 0 Å². The predicted molar refractivity (Wildman–Crippen MR) is 180 cm³/mol. The normalized spacial score (nSPS) is 10.9. The van der Waals surface area contributed by atoms with Crippen LogP contribution in [0, 0.1) is 0 Å². The molecule has 0 aliphatic heterocycles. The summed E-state index contributed by atoms with van der Waals surface area (Å²) in [6.45, 7) is 0. The van der Waals surface area contributed by atoms with Crippen molar-refractivity contribution in [1.82, 2.24) is 0 Å². The maximum absolute atomic E-state index is 14.0. The zero-order valence-corrected chi connectivity index (χ0v) is 23.9. The molecule has 0 saturated carbocycles. The van der Waals surface area contributed by atoms with Gasteiger partial charge in [-0.1, -0.05) is 97.1 Å². The van der Waals surface area contributed by atoms with E-state index in [1.807, 2.05) is 158 Å². The van der Waals surface area contributed by atoms with E-state index >= 15 is 0 Å². The lowest BCUT2D eigenvalue weighted by atomic mass is 10.1. The van der Waals surface area contributed by atoms with Crippen LogP contribution in [0.5, 0.6) is 0 Å². The van der Waals surface area contributed by atoms with Crippen LogP contribution in [-0.2, 0) is 0 Å². The smallest absolute Gasteiger partial charge is 0.262 e. The van der Waals surface area contributed by atoms with E-state index in [9.17, 15) is 9.59 Å². The van der Waals surface area contributed by atoms with Gasteiger partial charge in [-0.3, -0.25) is 19.4 Å². The van der Waals surface area contributed by atoms with E-state index in [1.54, 1.807) is 9.80 Å². The Bertz CT molecular complexity index is 1950. The minimum atomic E-state index is -0.139. The highest BCUT2D eigenvalue weighted by Gasteiger charge is 2.23. The molecule has 0 fully saturated rings. The first-order valence-electron chi connectivity index (χ1n) is 14.5. The zero-order chi connectivity index (χ0) is 29.9. The Hall–Kier alpha value is -6.00.